The Morgan fingerprint density at radius 1 is 1.28 bits per heavy atom. The van der Waals surface area contributed by atoms with Crippen molar-refractivity contribution in [1.82, 2.24) is 4.57 Å². The number of hydrogen-bond acceptors (Lipinski definition) is 6. The zero-order valence-electron chi connectivity index (χ0n) is 15.7. The summed E-state index contributed by atoms with van der Waals surface area (Å²) in [7, 11) is 0. The van der Waals surface area contributed by atoms with Gasteiger partial charge < -0.3 is 4.74 Å². The van der Waals surface area contributed by atoms with Gasteiger partial charge in [0.2, 0.25) is 0 Å². The van der Waals surface area contributed by atoms with Crippen LogP contribution in [0, 0.1) is 0 Å². The highest BCUT2D eigenvalue weighted by Gasteiger charge is 2.33. The Labute approximate surface area is 175 Å². The number of ether oxygens (including phenoxy) is 1. The van der Waals surface area contributed by atoms with E-state index in [1.807, 2.05) is 53.9 Å². The van der Waals surface area contributed by atoms with Gasteiger partial charge in [-0.15, -0.1) is 11.3 Å². The fraction of sp³-hybridized carbons (Fsp3) is 0.136. The minimum atomic E-state index is -0.588. The number of esters is 1. The summed E-state index contributed by atoms with van der Waals surface area (Å²) in [6, 6.07) is 12.8. The van der Waals surface area contributed by atoms with Crippen LogP contribution in [0.3, 0.4) is 0 Å². The third-order valence-electron chi connectivity index (χ3n) is 4.51. The van der Waals surface area contributed by atoms with Crippen molar-refractivity contribution in [3.8, 4) is 0 Å². The summed E-state index contributed by atoms with van der Waals surface area (Å²) in [4.78, 5) is 32.3. The zero-order valence-corrected chi connectivity index (χ0v) is 17.3. The normalized spacial score (nSPS) is 16.3. The number of allylic oxidation sites excluding steroid dienone is 1. The van der Waals surface area contributed by atoms with E-state index in [-0.39, 0.29) is 12.2 Å². The third kappa shape index (κ3) is 3.66. The monoisotopic (exact) mass is 422 g/mol. The predicted octanol–water partition coefficient (Wildman–Crippen LogP) is 3.03. The molecule has 4 rings (SSSR count). The highest BCUT2D eigenvalue weighted by atomic mass is 32.1. The van der Waals surface area contributed by atoms with Crippen LogP contribution >= 0.6 is 22.7 Å². The standard InChI is InChI=1S/C22H18N2O3S2/c1-3-11-27-21(26)18-14(2)23-22-24(19(18)15-8-5-4-6-9-15)20(25)17(29-22)13-16-10-7-12-28-16/h3-10,12-13,19H,1,11H2,2H3/b17-13+/t19-/m1/s1. The minimum Gasteiger partial charge on any atom is -0.458 e. The molecule has 0 N–H and O–H groups in total. The molecule has 146 valence electrons. The molecular formula is C22H18N2O3S2. The van der Waals surface area contributed by atoms with E-state index in [0.717, 1.165) is 10.4 Å². The average molecular weight is 423 g/mol. The first-order valence-electron chi connectivity index (χ1n) is 8.99. The van der Waals surface area contributed by atoms with Gasteiger partial charge in [-0.1, -0.05) is 60.4 Å². The average Bonchev–Trinajstić information content (AvgIpc) is 3.34. The first kappa shape index (κ1) is 19.3. The number of rotatable bonds is 5. The van der Waals surface area contributed by atoms with E-state index in [1.165, 1.54) is 17.4 Å². The molecule has 1 aliphatic heterocycles. The Hall–Kier alpha value is -3.03. The molecule has 0 spiro atoms. The first-order valence-corrected chi connectivity index (χ1v) is 10.7. The number of carbonyl (C=O) groups is 1. The smallest absolute Gasteiger partial charge is 0.338 e. The number of aromatic nitrogens is 1. The largest absolute Gasteiger partial charge is 0.458 e. The van der Waals surface area contributed by atoms with E-state index in [4.69, 9.17) is 4.74 Å². The lowest BCUT2D eigenvalue weighted by atomic mass is 9.96. The SMILES string of the molecule is C=CCOC(=O)C1=C(C)N=c2s/c(=C/c3cccs3)c(=O)n2[C@@H]1c1ccccc1. The van der Waals surface area contributed by atoms with Crippen molar-refractivity contribution in [1.29, 1.82) is 0 Å². The molecule has 0 radical (unpaired) electrons. The minimum absolute atomic E-state index is 0.0971. The van der Waals surface area contributed by atoms with Crippen molar-refractivity contribution < 1.29 is 9.53 Å². The molecule has 0 amide bonds. The second-order valence-electron chi connectivity index (χ2n) is 6.40. The molecule has 5 nitrogen and oxygen atoms in total. The van der Waals surface area contributed by atoms with E-state index in [2.05, 4.69) is 11.6 Å². The van der Waals surface area contributed by atoms with Crippen LogP contribution in [0.2, 0.25) is 0 Å². The molecule has 0 aliphatic carbocycles. The lowest BCUT2D eigenvalue weighted by Gasteiger charge is -2.24. The van der Waals surface area contributed by atoms with E-state index in [1.54, 1.807) is 22.8 Å². The molecule has 3 heterocycles. The van der Waals surface area contributed by atoms with Gasteiger partial charge in [0.25, 0.3) is 5.56 Å². The van der Waals surface area contributed by atoms with Gasteiger partial charge in [0.15, 0.2) is 4.80 Å². The summed E-state index contributed by atoms with van der Waals surface area (Å²) in [6.07, 6.45) is 3.38. The molecule has 0 saturated heterocycles. The summed E-state index contributed by atoms with van der Waals surface area (Å²) < 4.78 is 7.48. The number of carbonyl (C=O) groups excluding carboxylic acids is 1. The summed E-state index contributed by atoms with van der Waals surface area (Å²) in [5.41, 5.74) is 1.58. The van der Waals surface area contributed by atoms with Crippen molar-refractivity contribution >= 4 is 34.7 Å². The molecule has 0 unspecified atom stereocenters. The van der Waals surface area contributed by atoms with E-state index < -0.39 is 12.0 Å². The lowest BCUT2D eigenvalue weighted by molar-refractivity contribution is -0.138. The van der Waals surface area contributed by atoms with Crippen LogP contribution in [0.25, 0.3) is 6.08 Å². The van der Waals surface area contributed by atoms with Crippen molar-refractivity contribution in [2.75, 3.05) is 6.61 Å². The molecule has 7 heteroatoms. The van der Waals surface area contributed by atoms with Crippen molar-refractivity contribution in [2.45, 2.75) is 13.0 Å². The molecule has 0 saturated carbocycles. The maximum absolute atomic E-state index is 13.3. The number of hydrogen-bond donors (Lipinski definition) is 0. The summed E-state index contributed by atoms with van der Waals surface area (Å²) in [5, 5.41) is 1.97. The molecule has 2 aromatic heterocycles. The Morgan fingerprint density at radius 2 is 2.07 bits per heavy atom. The van der Waals surface area contributed by atoms with Crippen LogP contribution in [0.4, 0.5) is 0 Å². The van der Waals surface area contributed by atoms with Gasteiger partial charge in [-0.05, 0) is 30.0 Å². The van der Waals surface area contributed by atoms with Crippen LogP contribution < -0.4 is 14.9 Å². The van der Waals surface area contributed by atoms with Gasteiger partial charge in [-0.25, -0.2) is 9.79 Å². The maximum atomic E-state index is 13.3. The van der Waals surface area contributed by atoms with Crippen molar-refractivity contribution in [3.05, 3.63) is 102 Å². The topological polar surface area (TPSA) is 60.7 Å². The Bertz CT molecular complexity index is 1270. The van der Waals surface area contributed by atoms with Gasteiger partial charge in [0.05, 0.1) is 21.8 Å². The zero-order chi connectivity index (χ0) is 20.4. The maximum Gasteiger partial charge on any atom is 0.338 e. The van der Waals surface area contributed by atoms with Crippen LogP contribution in [0.5, 0.6) is 0 Å². The summed E-state index contributed by atoms with van der Waals surface area (Å²) in [6.45, 7) is 5.46. The number of nitrogens with zero attached hydrogens (tertiary/aromatic N) is 2. The number of fused-ring (bicyclic) bond motifs is 1. The number of thiophene rings is 1. The van der Waals surface area contributed by atoms with E-state index >= 15 is 0 Å². The number of benzene rings is 1. The fourth-order valence-corrected chi connectivity index (χ4v) is 5.02. The molecular weight excluding hydrogens is 404 g/mol. The van der Waals surface area contributed by atoms with E-state index in [9.17, 15) is 9.59 Å². The van der Waals surface area contributed by atoms with Gasteiger partial charge in [-0.3, -0.25) is 9.36 Å². The quantitative estimate of drug-likeness (QED) is 0.469. The van der Waals surface area contributed by atoms with Crippen LogP contribution in [-0.4, -0.2) is 17.1 Å². The predicted molar refractivity (Wildman–Crippen MR) is 116 cm³/mol. The van der Waals surface area contributed by atoms with Gasteiger partial charge >= 0.3 is 5.97 Å². The fourth-order valence-electron chi connectivity index (χ4n) is 3.25. The summed E-state index contributed by atoms with van der Waals surface area (Å²) >= 11 is 2.89. The van der Waals surface area contributed by atoms with Gasteiger partial charge in [0.1, 0.15) is 6.61 Å². The van der Waals surface area contributed by atoms with Crippen molar-refractivity contribution in [2.24, 2.45) is 4.99 Å². The lowest BCUT2D eigenvalue weighted by Crippen LogP contribution is -2.39. The van der Waals surface area contributed by atoms with Crippen LogP contribution in [-0.2, 0) is 9.53 Å². The Balaban J connectivity index is 1.94. The summed E-state index contributed by atoms with van der Waals surface area (Å²) in [5.74, 6) is -0.493. The van der Waals surface area contributed by atoms with Crippen LogP contribution in [0.15, 0.2) is 81.6 Å². The van der Waals surface area contributed by atoms with Crippen molar-refractivity contribution in [3.63, 3.8) is 0 Å². The van der Waals surface area contributed by atoms with Crippen LogP contribution in [0.1, 0.15) is 23.4 Å². The highest BCUT2D eigenvalue weighted by Crippen LogP contribution is 2.30. The highest BCUT2D eigenvalue weighted by molar-refractivity contribution is 7.11. The second kappa shape index (κ2) is 8.14. The second-order valence-corrected chi connectivity index (χ2v) is 8.38. The first-order chi connectivity index (χ1) is 14.1. The van der Waals surface area contributed by atoms with E-state index in [0.29, 0.717) is 20.6 Å². The molecule has 0 fully saturated rings. The van der Waals surface area contributed by atoms with Gasteiger partial charge in [-0.2, -0.15) is 0 Å². The van der Waals surface area contributed by atoms with Gasteiger partial charge in [0, 0.05) is 4.88 Å². The Kier molecular flexibility index (Phi) is 5.42. The molecule has 1 aliphatic rings. The molecule has 3 aromatic rings. The third-order valence-corrected chi connectivity index (χ3v) is 6.31. The molecule has 0 bridgehead atoms. The number of thiazole rings is 1. The molecule has 29 heavy (non-hydrogen) atoms. The molecule has 1 aromatic carbocycles. The Morgan fingerprint density at radius 3 is 2.76 bits per heavy atom. The molecule has 1 atom stereocenters.